The van der Waals surface area contributed by atoms with Crippen LogP contribution in [0.15, 0.2) is 42.6 Å². The Morgan fingerprint density at radius 1 is 1.07 bits per heavy atom. The van der Waals surface area contributed by atoms with Crippen molar-refractivity contribution in [2.45, 2.75) is 44.3 Å². The number of likely N-dealkylation sites (tertiary alicyclic amines) is 1. The fraction of sp³-hybridized carbons (Fsp3) is 0.394. The first-order valence-electron chi connectivity index (χ1n) is 15.2. The zero-order valence-corrected chi connectivity index (χ0v) is 25.0. The van der Waals surface area contributed by atoms with Gasteiger partial charge >= 0.3 is 0 Å². The highest BCUT2D eigenvalue weighted by Crippen LogP contribution is 2.40. The number of nitrogens with zero attached hydrogens (tertiary/aromatic N) is 6. The number of hydrogen-bond acceptors (Lipinski definition) is 8. The molecule has 5 aromatic rings. The molecule has 3 atom stereocenters. The number of carbonyl (C=O) groups excluding carboxylic acids is 1. The number of pyridine rings is 2. The molecule has 11 heteroatoms. The number of rotatable bonds is 7. The van der Waals surface area contributed by atoms with Gasteiger partial charge in [0, 0.05) is 54.9 Å². The van der Waals surface area contributed by atoms with E-state index >= 15 is 0 Å². The normalized spacial score (nSPS) is 21.1. The third-order valence-corrected chi connectivity index (χ3v) is 9.75. The molecule has 0 radical (unpaired) electrons. The molecule has 8 rings (SSSR count). The minimum atomic E-state index is -0.0347. The van der Waals surface area contributed by atoms with Crippen molar-refractivity contribution in [2.24, 2.45) is 24.6 Å². The number of hydrogen-bond donors (Lipinski definition) is 2. The van der Waals surface area contributed by atoms with Crippen molar-refractivity contribution in [3.8, 4) is 40.2 Å². The van der Waals surface area contributed by atoms with E-state index < -0.39 is 0 Å². The number of piperidine rings is 1. The van der Waals surface area contributed by atoms with E-state index in [4.69, 9.17) is 25.2 Å². The molecule has 1 saturated heterocycles. The number of aryl methyl sites for hydroxylation is 1. The van der Waals surface area contributed by atoms with E-state index in [-0.39, 0.29) is 29.6 Å². The summed E-state index contributed by atoms with van der Waals surface area (Å²) in [4.78, 5) is 30.0. The summed E-state index contributed by atoms with van der Waals surface area (Å²) in [7, 11) is 5.09. The minimum absolute atomic E-state index is 0.0151. The number of benzene rings is 1. The SMILES string of the molecule is COc1ncc(-c2ccc3cc(-c4nc5cc(C(=O)N6CC7CCC6[C@@H]7N)cc(OC)c5n4C)n(CC4CC4)c3n2)cc1O. The van der Waals surface area contributed by atoms with Crippen LogP contribution in [0, 0.1) is 11.8 Å². The predicted molar refractivity (Wildman–Crippen MR) is 166 cm³/mol. The number of amides is 1. The average molecular weight is 594 g/mol. The zero-order valence-electron chi connectivity index (χ0n) is 25.0. The number of ether oxygens (including phenoxy) is 2. The van der Waals surface area contributed by atoms with Crippen molar-refractivity contribution in [1.82, 2.24) is 29.0 Å². The van der Waals surface area contributed by atoms with E-state index in [0.29, 0.717) is 46.5 Å². The van der Waals surface area contributed by atoms with Crippen LogP contribution in [0.3, 0.4) is 0 Å². The molecule has 1 aliphatic heterocycles. The fourth-order valence-electron chi connectivity index (χ4n) is 7.22. The number of methoxy groups -OCH3 is 2. The van der Waals surface area contributed by atoms with E-state index in [1.54, 1.807) is 19.4 Å². The first-order valence-corrected chi connectivity index (χ1v) is 15.2. The number of imidazole rings is 1. The summed E-state index contributed by atoms with van der Waals surface area (Å²) in [6, 6.07) is 11.6. The molecule has 3 N–H and O–H groups in total. The first-order chi connectivity index (χ1) is 21.3. The number of fused-ring (bicyclic) bond motifs is 4. The standard InChI is InChI=1S/C33H35N7O4/c1-38-29-23(10-20(13-27(29)43-2)33(42)40-16-19-7-9-24(40)28(19)34)37-31(38)25-11-18-6-8-22(21-12-26(41)32(44-3)35-14-21)36-30(18)39(25)15-17-4-5-17/h6,8,10-14,17,19,24,28,41H,4-5,7,9,15-16,34H2,1-3H3/t19?,24?,28-/m1/s1. The summed E-state index contributed by atoms with van der Waals surface area (Å²) < 4.78 is 15.2. The maximum Gasteiger partial charge on any atom is 0.256 e. The summed E-state index contributed by atoms with van der Waals surface area (Å²) in [5.74, 6) is 2.47. The average Bonchev–Trinajstić information content (AvgIpc) is 3.44. The van der Waals surface area contributed by atoms with Crippen molar-refractivity contribution in [3.05, 3.63) is 48.2 Å². The van der Waals surface area contributed by atoms with Crippen molar-refractivity contribution >= 4 is 28.0 Å². The molecule has 1 aromatic carbocycles. The van der Waals surface area contributed by atoms with Gasteiger partial charge in [-0.3, -0.25) is 4.79 Å². The molecule has 2 aliphatic carbocycles. The van der Waals surface area contributed by atoms with Gasteiger partial charge in [0.2, 0.25) is 0 Å². The summed E-state index contributed by atoms with van der Waals surface area (Å²) in [5, 5.41) is 11.3. The van der Waals surface area contributed by atoms with Crippen molar-refractivity contribution < 1.29 is 19.4 Å². The maximum atomic E-state index is 13.7. The quantitative estimate of drug-likeness (QED) is 0.285. The van der Waals surface area contributed by atoms with Gasteiger partial charge in [-0.05, 0) is 73.9 Å². The Bertz CT molecular complexity index is 1960. The number of carbonyl (C=O) groups is 1. The van der Waals surface area contributed by atoms with Crippen molar-refractivity contribution in [2.75, 3.05) is 20.8 Å². The Hall–Kier alpha value is -4.64. The van der Waals surface area contributed by atoms with Crippen LogP contribution in [0.5, 0.6) is 17.4 Å². The van der Waals surface area contributed by atoms with Crippen LogP contribution in [0.1, 0.15) is 36.0 Å². The van der Waals surface area contributed by atoms with Crippen LogP contribution in [0.25, 0.3) is 44.8 Å². The van der Waals surface area contributed by atoms with Gasteiger partial charge in [0.05, 0.1) is 31.1 Å². The zero-order chi connectivity index (χ0) is 30.3. The molecular weight excluding hydrogens is 558 g/mol. The van der Waals surface area contributed by atoms with E-state index in [1.165, 1.54) is 20.0 Å². The van der Waals surface area contributed by atoms with Gasteiger partial charge in [0.15, 0.2) is 11.6 Å². The smallest absolute Gasteiger partial charge is 0.256 e. The lowest BCUT2D eigenvalue weighted by molar-refractivity contribution is 0.0700. The third-order valence-electron chi connectivity index (χ3n) is 9.75. The molecule has 2 saturated carbocycles. The van der Waals surface area contributed by atoms with Crippen LogP contribution in [0.4, 0.5) is 0 Å². The second-order valence-electron chi connectivity index (χ2n) is 12.4. The highest BCUT2D eigenvalue weighted by atomic mass is 16.5. The lowest BCUT2D eigenvalue weighted by atomic mass is 10.1. The second-order valence-corrected chi connectivity index (χ2v) is 12.4. The van der Waals surface area contributed by atoms with E-state index in [1.807, 2.05) is 40.8 Å². The van der Waals surface area contributed by atoms with E-state index in [9.17, 15) is 9.90 Å². The fourth-order valence-corrected chi connectivity index (χ4v) is 7.22. The van der Waals surface area contributed by atoms with Crippen LogP contribution in [-0.2, 0) is 13.6 Å². The van der Waals surface area contributed by atoms with Gasteiger partial charge in [0.1, 0.15) is 16.9 Å². The molecule has 3 fully saturated rings. The van der Waals surface area contributed by atoms with Gasteiger partial charge in [0.25, 0.3) is 11.8 Å². The Balaban J connectivity index is 1.23. The van der Waals surface area contributed by atoms with Gasteiger partial charge in [-0.25, -0.2) is 15.0 Å². The van der Waals surface area contributed by atoms with Crippen molar-refractivity contribution in [1.29, 1.82) is 0 Å². The first kappa shape index (κ1) is 26.9. The molecule has 5 heterocycles. The molecule has 0 spiro atoms. The molecule has 226 valence electrons. The third kappa shape index (κ3) is 4.13. The van der Waals surface area contributed by atoms with E-state index in [2.05, 4.69) is 15.6 Å². The molecule has 4 aromatic heterocycles. The lowest BCUT2D eigenvalue weighted by Crippen LogP contribution is -2.41. The van der Waals surface area contributed by atoms with Gasteiger partial charge in [-0.2, -0.15) is 0 Å². The summed E-state index contributed by atoms with van der Waals surface area (Å²) in [6.45, 7) is 1.53. The number of nitrogens with two attached hydrogens (primary N) is 1. The van der Waals surface area contributed by atoms with Crippen LogP contribution in [0.2, 0.25) is 0 Å². The topological polar surface area (TPSA) is 134 Å². The van der Waals surface area contributed by atoms with Gasteiger partial charge in [-0.15, -0.1) is 0 Å². The summed E-state index contributed by atoms with van der Waals surface area (Å²) in [5.41, 5.74) is 11.7. The van der Waals surface area contributed by atoms with E-state index in [0.717, 1.165) is 47.5 Å². The number of aromatic nitrogens is 5. The molecular formula is C33H35N7O4. The minimum Gasteiger partial charge on any atom is -0.503 e. The van der Waals surface area contributed by atoms with Gasteiger partial charge < -0.3 is 34.3 Å². The molecule has 1 amide bonds. The molecule has 3 aliphatic rings. The predicted octanol–water partition coefficient (Wildman–Crippen LogP) is 4.35. The highest BCUT2D eigenvalue weighted by Gasteiger charge is 2.47. The monoisotopic (exact) mass is 593 g/mol. The van der Waals surface area contributed by atoms with Gasteiger partial charge in [-0.1, -0.05) is 0 Å². The molecule has 2 bridgehead atoms. The Morgan fingerprint density at radius 3 is 2.59 bits per heavy atom. The van der Waals surface area contributed by atoms with Crippen LogP contribution >= 0.6 is 0 Å². The largest absolute Gasteiger partial charge is 0.503 e. The second kappa shape index (κ2) is 9.95. The molecule has 11 nitrogen and oxygen atoms in total. The molecule has 44 heavy (non-hydrogen) atoms. The Morgan fingerprint density at radius 2 is 1.91 bits per heavy atom. The Kier molecular flexibility index (Phi) is 6.09. The number of aromatic hydroxyl groups is 1. The summed E-state index contributed by atoms with van der Waals surface area (Å²) in [6.07, 6.45) is 6.06. The van der Waals surface area contributed by atoms with Crippen LogP contribution < -0.4 is 15.2 Å². The van der Waals surface area contributed by atoms with Crippen molar-refractivity contribution in [3.63, 3.8) is 0 Å². The lowest BCUT2D eigenvalue weighted by Gasteiger charge is -2.27. The van der Waals surface area contributed by atoms with Crippen LogP contribution in [-0.4, -0.2) is 72.8 Å². The Labute approximate surface area is 254 Å². The summed E-state index contributed by atoms with van der Waals surface area (Å²) >= 11 is 0. The maximum absolute atomic E-state index is 13.7. The highest BCUT2D eigenvalue weighted by molar-refractivity contribution is 6.00. The molecule has 2 unspecified atom stereocenters.